The number of hydrogen-bond donors (Lipinski definition) is 0. The summed E-state index contributed by atoms with van der Waals surface area (Å²) in [6.45, 7) is 0.839. The number of hydrogen-bond acceptors (Lipinski definition) is 5. The second-order valence-electron chi connectivity index (χ2n) is 5.14. The van der Waals surface area contributed by atoms with Crippen molar-refractivity contribution in [1.29, 1.82) is 5.26 Å². The molecule has 0 amide bonds. The zero-order valence-electron chi connectivity index (χ0n) is 10.0. The van der Waals surface area contributed by atoms with Gasteiger partial charge in [-0.1, -0.05) is 0 Å². The maximum atomic E-state index is 10.9. The zero-order valence-corrected chi connectivity index (χ0v) is 10.0. The van der Waals surface area contributed by atoms with Crippen LogP contribution in [0.25, 0.3) is 0 Å². The van der Waals surface area contributed by atoms with E-state index in [1.54, 1.807) is 6.07 Å². The first-order valence-corrected chi connectivity index (χ1v) is 6.22. The van der Waals surface area contributed by atoms with E-state index in [0.29, 0.717) is 5.69 Å². The fourth-order valence-electron chi connectivity index (χ4n) is 2.88. The highest BCUT2D eigenvalue weighted by Crippen LogP contribution is 2.50. The lowest BCUT2D eigenvalue weighted by molar-refractivity contribution is -0.111. The van der Waals surface area contributed by atoms with E-state index in [0.717, 1.165) is 44.3 Å². The third-order valence-corrected chi connectivity index (χ3v) is 4.00. The van der Waals surface area contributed by atoms with E-state index in [9.17, 15) is 4.79 Å². The molecule has 0 N–H and O–H groups in total. The Bertz CT molecular complexity index is 518. The smallest absolute Gasteiger partial charge is 0.145 e. The predicted octanol–water partition coefficient (Wildman–Crippen LogP) is 1.30. The number of aromatic nitrogens is 2. The Morgan fingerprint density at radius 3 is 3.00 bits per heavy atom. The van der Waals surface area contributed by atoms with Gasteiger partial charge in [-0.15, -0.1) is 0 Å². The molecule has 1 atom stereocenters. The molecule has 1 aromatic rings. The first kappa shape index (κ1) is 11.1. The Morgan fingerprint density at radius 1 is 1.50 bits per heavy atom. The van der Waals surface area contributed by atoms with Crippen LogP contribution in [0.3, 0.4) is 0 Å². The van der Waals surface area contributed by atoms with Crippen molar-refractivity contribution in [2.24, 2.45) is 5.92 Å². The van der Waals surface area contributed by atoms with Crippen molar-refractivity contribution in [2.45, 2.75) is 31.2 Å². The summed E-state index contributed by atoms with van der Waals surface area (Å²) in [5, 5.41) is 8.88. The summed E-state index contributed by atoms with van der Waals surface area (Å²) in [5.41, 5.74) is 0.513. The molecule has 1 saturated carbocycles. The maximum Gasteiger partial charge on any atom is 0.145 e. The summed E-state index contributed by atoms with van der Waals surface area (Å²) in [5.74, 6) is 1.00. The van der Waals surface area contributed by atoms with Gasteiger partial charge in [0.2, 0.25) is 0 Å². The average molecular weight is 242 g/mol. The predicted molar refractivity (Wildman–Crippen MR) is 64.8 cm³/mol. The molecule has 0 aromatic carbocycles. The van der Waals surface area contributed by atoms with Crippen LogP contribution in [0.5, 0.6) is 0 Å². The molecule has 3 rings (SSSR count). The fourth-order valence-corrected chi connectivity index (χ4v) is 2.88. The molecule has 0 radical (unpaired) electrons. The van der Waals surface area contributed by atoms with Crippen molar-refractivity contribution in [3.8, 4) is 6.07 Å². The van der Waals surface area contributed by atoms with Gasteiger partial charge in [-0.05, 0) is 25.7 Å². The third-order valence-electron chi connectivity index (χ3n) is 4.00. The van der Waals surface area contributed by atoms with Gasteiger partial charge in [0.15, 0.2) is 0 Å². The van der Waals surface area contributed by atoms with Gasteiger partial charge in [0, 0.05) is 24.1 Å². The number of carbonyl (C=O) groups is 1. The lowest BCUT2D eigenvalue weighted by atomic mass is 9.90. The molecule has 2 fully saturated rings. The Labute approximate surface area is 105 Å². The van der Waals surface area contributed by atoms with E-state index in [2.05, 4.69) is 14.9 Å². The number of nitriles is 1. The lowest BCUT2D eigenvalue weighted by Crippen LogP contribution is -2.45. The van der Waals surface area contributed by atoms with Crippen molar-refractivity contribution in [3.05, 3.63) is 18.1 Å². The molecule has 2 aliphatic rings. The second-order valence-corrected chi connectivity index (χ2v) is 5.14. The summed E-state index contributed by atoms with van der Waals surface area (Å²) in [4.78, 5) is 21.4. The van der Waals surface area contributed by atoms with Crippen molar-refractivity contribution in [3.63, 3.8) is 0 Å². The number of nitrogens with zero attached hydrogens (tertiary/aromatic N) is 4. The van der Waals surface area contributed by atoms with Gasteiger partial charge in [-0.2, -0.15) is 5.26 Å². The van der Waals surface area contributed by atoms with Crippen molar-refractivity contribution in [2.75, 3.05) is 11.4 Å². The summed E-state index contributed by atoms with van der Waals surface area (Å²) in [6, 6.07) is 3.78. The quantitative estimate of drug-likeness (QED) is 0.731. The second kappa shape index (κ2) is 4.05. The van der Waals surface area contributed by atoms with Crippen LogP contribution < -0.4 is 4.90 Å². The summed E-state index contributed by atoms with van der Waals surface area (Å²) in [6.07, 6.45) is 6.54. The van der Waals surface area contributed by atoms with Crippen LogP contribution in [0.1, 0.15) is 31.4 Å². The first-order valence-electron chi connectivity index (χ1n) is 6.22. The van der Waals surface area contributed by atoms with Crippen LogP contribution in [0.4, 0.5) is 5.82 Å². The number of carbonyl (C=O) groups excluding carboxylic acids is 1. The highest BCUT2D eigenvalue weighted by Gasteiger charge is 2.51. The van der Waals surface area contributed by atoms with Crippen molar-refractivity contribution >= 4 is 12.1 Å². The molecular weight excluding hydrogens is 228 g/mol. The molecular formula is C13H14N4O. The molecule has 1 aliphatic carbocycles. The highest BCUT2D eigenvalue weighted by atomic mass is 16.1. The van der Waals surface area contributed by atoms with Crippen LogP contribution in [-0.4, -0.2) is 28.3 Å². The van der Waals surface area contributed by atoms with E-state index in [1.807, 2.05) is 6.07 Å². The summed E-state index contributed by atoms with van der Waals surface area (Å²) in [7, 11) is 0. The molecule has 5 nitrogen and oxygen atoms in total. The minimum Gasteiger partial charge on any atom is -0.351 e. The van der Waals surface area contributed by atoms with Gasteiger partial charge >= 0.3 is 0 Å². The standard InChI is InChI=1S/C13H14N4O/c14-7-11-5-12(16-9-15-11)17-4-1-10(8-18)6-13(17)2-3-13/h5,8-10H,1-4,6H2. The number of rotatable bonds is 2. The molecule has 1 aromatic heterocycles. The SMILES string of the molecule is N#Cc1cc(N2CCC(C=O)CC23CC3)ncn1. The van der Waals surface area contributed by atoms with E-state index >= 15 is 0 Å². The zero-order chi connectivity index (χ0) is 12.6. The Morgan fingerprint density at radius 2 is 2.33 bits per heavy atom. The normalized spacial score (nSPS) is 24.6. The molecule has 1 unspecified atom stereocenters. The largest absolute Gasteiger partial charge is 0.351 e. The fraction of sp³-hybridized carbons (Fsp3) is 0.538. The Balaban J connectivity index is 1.88. The van der Waals surface area contributed by atoms with Crippen LogP contribution in [0.2, 0.25) is 0 Å². The molecule has 1 aliphatic heterocycles. The van der Waals surface area contributed by atoms with E-state index in [-0.39, 0.29) is 11.5 Å². The van der Waals surface area contributed by atoms with Crippen LogP contribution >= 0.6 is 0 Å². The molecule has 92 valence electrons. The van der Waals surface area contributed by atoms with Gasteiger partial charge in [-0.25, -0.2) is 9.97 Å². The molecule has 1 saturated heterocycles. The molecule has 2 heterocycles. The first-order chi connectivity index (χ1) is 8.77. The summed E-state index contributed by atoms with van der Waals surface area (Å²) < 4.78 is 0. The van der Waals surface area contributed by atoms with Crippen LogP contribution in [-0.2, 0) is 4.79 Å². The molecule has 1 spiro atoms. The lowest BCUT2D eigenvalue weighted by Gasteiger charge is -2.39. The Kier molecular flexibility index (Phi) is 2.51. The molecule has 5 heteroatoms. The monoisotopic (exact) mass is 242 g/mol. The van der Waals surface area contributed by atoms with Crippen LogP contribution in [0.15, 0.2) is 12.4 Å². The maximum absolute atomic E-state index is 10.9. The minimum atomic E-state index is 0.116. The van der Waals surface area contributed by atoms with Gasteiger partial charge in [0.05, 0.1) is 0 Å². The number of piperidine rings is 1. The molecule has 18 heavy (non-hydrogen) atoms. The number of anilines is 1. The number of aldehydes is 1. The third kappa shape index (κ3) is 1.74. The van der Waals surface area contributed by atoms with Crippen molar-refractivity contribution < 1.29 is 4.79 Å². The van der Waals surface area contributed by atoms with E-state index in [1.165, 1.54) is 6.33 Å². The van der Waals surface area contributed by atoms with Crippen LogP contribution in [0, 0.1) is 17.2 Å². The Hall–Kier alpha value is -1.96. The van der Waals surface area contributed by atoms with E-state index < -0.39 is 0 Å². The van der Waals surface area contributed by atoms with Gasteiger partial charge in [0.1, 0.15) is 30.2 Å². The van der Waals surface area contributed by atoms with Gasteiger partial charge in [0.25, 0.3) is 0 Å². The average Bonchev–Trinajstić information content (AvgIpc) is 3.18. The van der Waals surface area contributed by atoms with E-state index in [4.69, 9.17) is 5.26 Å². The van der Waals surface area contributed by atoms with Gasteiger partial charge in [-0.3, -0.25) is 0 Å². The van der Waals surface area contributed by atoms with Crippen molar-refractivity contribution in [1.82, 2.24) is 9.97 Å². The minimum absolute atomic E-state index is 0.116. The topological polar surface area (TPSA) is 69.9 Å². The summed E-state index contributed by atoms with van der Waals surface area (Å²) >= 11 is 0. The van der Waals surface area contributed by atoms with Gasteiger partial charge < -0.3 is 9.69 Å². The highest BCUT2D eigenvalue weighted by molar-refractivity contribution is 5.57. The molecule has 0 bridgehead atoms.